The van der Waals surface area contributed by atoms with Gasteiger partial charge >= 0.3 is 6.18 Å². The number of ether oxygens (including phenoxy) is 1. The van der Waals surface area contributed by atoms with Crippen molar-refractivity contribution in [3.05, 3.63) is 70.8 Å². The van der Waals surface area contributed by atoms with Crippen LogP contribution in [0.25, 0.3) is 16.9 Å². The molecule has 1 aliphatic heterocycles. The number of aromatic nitrogens is 5. The van der Waals surface area contributed by atoms with Gasteiger partial charge in [0.05, 0.1) is 17.6 Å². The fourth-order valence-corrected chi connectivity index (χ4v) is 4.34. The lowest BCUT2D eigenvalue weighted by molar-refractivity contribution is -0.141. The molecule has 10 heteroatoms. The molecule has 4 aromatic rings. The third-order valence-electron chi connectivity index (χ3n) is 5.97. The molecule has 0 fully saturated rings. The number of aryl methyl sites for hydroxylation is 2. The normalized spacial score (nSPS) is 15.4. The quantitative estimate of drug-likeness (QED) is 0.420. The lowest BCUT2D eigenvalue weighted by atomic mass is 10.0. The highest BCUT2D eigenvalue weighted by atomic mass is 19.4. The van der Waals surface area contributed by atoms with E-state index in [1.807, 2.05) is 32.9 Å². The molecule has 1 aromatic carbocycles. The van der Waals surface area contributed by atoms with Crippen LogP contribution in [-0.4, -0.2) is 24.5 Å². The summed E-state index contributed by atoms with van der Waals surface area (Å²) in [6.07, 6.45) is -1.62. The first-order valence-electron chi connectivity index (χ1n) is 10.9. The van der Waals surface area contributed by atoms with Gasteiger partial charge in [-0.15, -0.1) is 0 Å². The molecule has 5 rings (SSSR count). The minimum Gasteiger partial charge on any atom is -0.482 e. The van der Waals surface area contributed by atoms with Crippen molar-refractivity contribution in [3.8, 4) is 22.7 Å². The van der Waals surface area contributed by atoms with E-state index in [2.05, 4.69) is 15.2 Å². The van der Waals surface area contributed by atoms with Crippen LogP contribution in [0.1, 0.15) is 48.0 Å². The van der Waals surface area contributed by atoms with E-state index < -0.39 is 18.0 Å². The molecule has 0 amide bonds. The molecule has 1 aliphatic rings. The monoisotopic (exact) mass is 468 g/mol. The van der Waals surface area contributed by atoms with E-state index in [1.54, 1.807) is 29.2 Å². The maximum atomic E-state index is 13.7. The second-order valence-electron chi connectivity index (χ2n) is 8.37. The number of rotatable bonds is 1. The van der Waals surface area contributed by atoms with Gasteiger partial charge in [-0.05, 0) is 39.0 Å². The Bertz CT molecular complexity index is 1390. The van der Waals surface area contributed by atoms with E-state index >= 15 is 0 Å². The van der Waals surface area contributed by atoms with Crippen molar-refractivity contribution >= 4 is 5.82 Å². The van der Waals surface area contributed by atoms with Crippen LogP contribution in [0.15, 0.2) is 42.7 Å². The fraction of sp³-hybridized carbons (Fsp3) is 0.292. The predicted molar refractivity (Wildman–Crippen MR) is 121 cm³/mol. The minimum atomic E-state index is -4.58. The molecular formula is C24H23F3N6O. The van der Waals surface area contributed by atoms with Gasteiger partial charge in [-0.2, -0.15) is 23.4 Å². The SMILES string of the molecule is CCn1ncc2c1-c1cnc(N)c(c1)O[C@H](C)c1cc(C)ccc1-n1nc(C(F)(F)F)cc1C2. The number of anilines is 1. The third-order valence-corrected chi connectivity index (χ3v) is 5.97. The molecule has 176 valence electrons. The first-order chi connectivity index (χ1) is 16.2. The minimum absolute atomic E-state index is 0.195. The summed E-state index contributed by atoms with van der Waals surface area (Å²) in [5.41, 5.74) is 9.92. The second kappa shape index (κ2) is 7.89. The maximum Gasteiger partial charge on any atom is 0.435 e. The number of pyridine rings is 1. The fourth-order valence-electron chi connectivity index (χ4n) is 4.34. The van der Waals surface area contributed by atoms with Crippen molar-refractivity contribution in [2.75, 3.05) is 5.73 Å². The summed E-state index contributed by atoms with van der Waals surface area (Å²) in [4.78, 5) is 4.32. The maximum absolute atomic E-state index is 13.7. The molecule has 34 heavy (non-hydrogen) atoms. The number of nitrogens with zero attached hydrogens (tertiary/aromatic N) is 5. The van der Waals surface area contributed by atoms with Gasteiger partial charge in [-0.1, -0.05) is 17.7 Å². The molecule has 0 aliphatic carbocycles. The van der Waals surface area contributed by atoms with Gasteiger partial charge in [0.15, 0.2) is 17.3 Å². The van der Waals surface area contributed by atoms with Crippen LogP contribution in [0.4, 0.5) is 19.0 Å². The van der Waals surface area contributed by atoms with Gasteiger partial charge in [-0.3, -0.25) is 4.68 Å². The number of fused-ring (bicyclic) bond motifs is 7. The Kier molecular flexibility index (Phi) is 5.11. The number of nitrogen functional groups attached to an aromatic ring is 1. The molecule has 2 N–H and O–H groups in total. The van der Waals surface area contributed by atoms with Crippen molar-refractivity contribution in [1.29, 1.82) is 0 Å². The summed E-state index contributed by atoms with van der Waals surface area (Å²) in [7, 11) is 0. The van der Waals surface area contributed by atoms with E-state index in [1.165, 1.54) is 4.68 Å². The molecular weight excluding hydrogens is 445 g/mol. The summed E-state index contributed by atoms with van der Waals surface area (Å²) < 4.78 is 50.4. The van der Waals surface area contributed by atoms with Crippen LogP contribution in [0.2, 0.25) is 0 Å². The number of benzene rings is 1. The molecule has 0 saturated heterocycles. The zero-order chi connectivity index (χ0) is 24.2. The number of hydrogen-bond donors (Lipinski definition) is 1. The van der Waals surface area contributed by atoms with Crippen LogP contribution in [0.3, 0.4) is 0 Å². The summed E-state index contributed by atoms with van der Waals surface area (Å²) in [5, 5.41) is 8.42. The zero-order valence-corrected chi connectivity index (χ0v) is 18.9. The number of halogens is 3. The molecule has 0 unspecified atom stereocenters. The standard InChI is InChI=1S/C24H23F3N6O/c1-4-32-22-15(12-30-32)8-17-10-21(24(25,26)27)31-33(17)19-6-5-13(2)7-18(19)14(3)34-20-9-16(22)11-29-23(20)28/h5-7,9-12,14H,4,8H2,1-3H3,(H2,28,29)/t14-/m1/s1. The molecule has 0 saturated carbocycles. The van der Waals surface area contributed by atoms with E-state index in [4.69, 9.17) is 10.5 Å². The summed E-state index contributed by atoms with van der Waals surface area (Å²) in [6, 6.07) is 8.40. The summed E-state index contributed by atoms with van der Waals surface area (Å²) in [6.45, 7) is 6.25. The molecule has 7 nitrogen and oxygen atoms in total. The largest absolute Gasteiger partial charge is 0.482 e. The van der Waals surface area contributed by atoms with Crippen LogP contribution >= 0.6 is 0 Å². The van der Waals surface area contributed by atoms with E-state index in [-0.39, 0.29) is 12.2 Å². The van der Waals surface area contributed by atoms with Crippen molar-refractivity contribution < 1.29 is 17.9 Å². The van der Waals surface area contributed by atoms with Gasteiger partial charge < -0.3 is 10.5 Å². The smallest absolute Gasteiger partial charge is 0.435 e. The Labute approximate surface area is 194 Å². The highest BCUT2D eigenvalue weighted by Crippen LogP contribution is 2.37. The summed E-state index contributed by atoms with van der Waals surface area (Å²) >= 11 is 0. The van der Waals surface area contributed by atoms with Crippen molar-refractivity contribution in [2.24, 2.45) is 0 Å². The Morgan fingerprint density at radius 1 is 1.18 bits per heavy atom. The van der Waals surface area contributed by atoms with Gasteiger partial charge in [0.1, 0.15) is 6.10 Å². The van der Waals surface area contributed by atoms with Crippen LogP contribution in [-0.2, 0) is 19.1 Å². The van der Waals surface area contributed by atoms with Crippen LogP contribution in [0.5, 0.6) is 5.75 Å². The van der Waals surface area contributed by atoms with Gasteiger partial charge in [-0.25, -0.2) is 9.67 Å². The predicted octanol–water partition coefficient (Wildman–Crippen LogP) is 5.10. The zero-order valence-electron chi connectivity index (χ0n) is 18.9. The van der Waals surface area contributed by atoms with Crippen molar-refractivity contribution in [1.82, 2.24) is 24.5 Å². The molecule has 4 heterocycles. The van der Waals surface area contributed by atoms with Crippen molar-refractivity contribution in [3.63, 3.8) is 0 Å². The van der Waals surface area contributed by atoms with Gasteiger partial charge in [0, 0.05) is 41.5 Å². The Morgan fingerprint density at radius 2 is 1.97 bits per heavy atom. The second-order valence-corrected chi connectivity index (χ2v) is 8.37. The van der Waals surface area contributed by atoms with Gasteiger partial charge in [0.25, 0.3) is 0 Å². The lowest BCUT2D eigenvalue weighted by Gasteiger charge is -2.22. The molecule has 0 radical (unpaired) electrons. The van der Waals surface area contributed by atoms with E-state index in [0.29, 0.717) is 29.2 Å². The van der Waals surface area contributed by atoms with E-state index in [9.17, 15) is 13.2 Å². The average molecular weight is 468 g/mol. The first-order valence-corrected chi connectivity index (χ1v) is 10.9. The third kappa shape index (κ3) is 3.68. The topological polar surface area (TPSA) is 83.8 Å². The summed E-state index contributed by atoms with van der Waals surface area (Å²) in [5.74, 6) is 0.620. The lowest BCUT2D eigenvalue weighted by Crippen LogP contribution is -2.14. The van der Waals surface area contributed by atoms with Crippen LogP contribution < -0.4 is 10.5 Å². The average Bonchev–Trinajstić information content (AvgIpc) is 3.39. The van der Waals surface area contributed by atoms with E-state index in [0.717, 1.165) is 28.5 Å². The number of nitrogens with two attached hydrogens (primary N) is 1. The highest BCUT2D eigenvalue weighted by Gasteiger charge is 2.36. The highest BCUT2D eigenvalue weighted by molar-refractivity contribution is 5.68. The molecule has 1 atom stereocenters. The Balaban J connectivity index is 1.82. The Hall–Kier alpha value is -3.82. The first kappa shape index (κ1) is 22.0. The van der Waals surface area contributed by atoms with Crippen molar-refractivity contribution in [2.45, 2.75) is 46.0 Å². The number of hydrogen-bond acceptors (Lipinski definition) is 5. The Morgan fingerprint density at radius 3 is 2.71 bits per heavy atom. The van der Waals surface area contributed by atoms with Gasteiger partial charge in [0.2, 0.25) is 0 Å². The van der Waals surface area contributed by atoms with Crippen LogP contribution in [0, 0.1) is 6.92 Å². The number of alkyl halides is 3. The molecule has 0 spiro atoms. The molecule has 2 bridgehead atoms. The molecule has 3 aromatic heterocycles.